The molecule has 1 atom stereocenters. The predicted molar refractivity (Wildman–Crippen MR) is 83.3 cm³/mol. The molecule has 1 heterocycles. The minimum absolute atomic E-state index is 0.00143. The van der Waals surface area contributed by atoms with Crippen LogP contribution in [0.5, 0.6) is 0 Å². The zero-order valence-electron chi connectivity index (χ0n) is 12.7. The van der Waals surface area contributed by atoms with Crippen LogP contribution in [-0.4, -0.2) is 19.4 Å². The van der Waals surface area contributed by atoms with E-state index in [4.69, 9.17) is 0 Å². The van der Waals surface area contributed by atoms with Gasteiger partial charge in [-0.15, -0.1) is 0 Å². The van der Waals surface area contributed by atoms with Gasteiger partial charge in [-0.05, 0) is 19.3 Å². The first-order valence-corrected chi connectivity index (χ1v) is 10.1. The maximum absolute atomic E-state index is 11.7. The van der Waals surface area contributed by atoms with Crippen molar-refractivity contribution < 1.29 is 8.42 Å². The molecule has 1 aliphatic rings. The minimum Gasteiger partial charge on any atom is -0.229 e. The van der Waals surface area contributed by atoms with Crippen LogP contribution in [0, 0.1) is 0 Å². The molecule has 0 radical (unpaired) electrons. The lowest BCUT2D eigenvalue weighted by Gasteiger charge is -2.08. The Bertz CT molecular complexity index is 309. The molecular formula is C16H32O2S. The summed E-state index contributed by atoms with van der Waals surface area (Å²) < 4.78 is 23.3. The van der Waals surface area contributed by atoms with E-state index in [1.54, 1.807) is 0 Å². The van der Waals surface area contributed by atoms with Crippen LogP contribution in [0.4, 0.5) is 0 Å². The van der Waals surface area contributed by atoms with Crippen LogP contribution in [0.15, 0.2) is 0 Å². The number of hydrogen-bond donors (Lipinski definition) is 0. The lowest BCUT2D eigenvalue weighted by atomic mass is 10.0. The average Bonchev–Trinajstić information content (AvgIpc) is 2.71. The number of sulfone groups is 1. The second-order valence-electron chi connectivity index (χ2n) is 6.10. The monoisotopic (exact) mass is 288 g/mol. The first-order chi connectivity index (χ1) is 9.17. The van der Waals surface area contributed by atoms with Crippen molar-refractivity contribution in [3.8, 4) is 0 Å². The molecule has 0 aliphatic carbocycles. The normalized spacial score (nSPS) is 21.8. The Morgan fingerprint density at radius 3 is 1.84 bits per heavy atom. The Kier molecular flexibility index (Phi) is 8.76. The summed E-state index contributed by atoms with van der Waals surface area (Å²) in [6, 6.07) is 0. The lowest BCUT2D eigenvalue weighted by Crippen LogP contribution is -2.15. The quantitative estimate of drug-likeness (QED) is 0.508. The van der Waals surface area contributed by atoms with Crippen molar-refractivity contribution in [1.29, 1.82) is 0 Å². The van der Waals surface area contributed by atoms with E-state index in [2.05, 4.69) is 6.92 Å². The van der Waals surface area contributed by atoms with Crippen molar-refractivity contribution in [2.45, 2.75) is 95.6 Å². The van der Waals surface area contributed by atoms with Crippen molar-refractivity contribution in [2.24, 2.45) is 0 Å². The third kappa shape index (κ3) is 7.34. The summed E-state index contributed by atoms with van der Waals surface area (Å²) in [5.41, 5.74) is 0. The van der Waals surface area contributed by atoms with Gasteiger partial charge in [-0.3, -0.25) is 0 Å². The number of hydrogen-bond acceptors (Lipinski definition) is 2. The van der Waals surface area contributed by atoms with Crippen molar-refractivity contribution in [2.75, 3.05) is 5.75 Å². The van der Waals surface area contributed by atoms with Gasteiger partial charge in [0, 0.05) is 0 Å². The highest BCUT2D eigenvalue weighted by molar-refractivity contribution is 7.92. The van der Waals surface area contributed by atoms with Crippen LogP contribution < -0.4 is 0 Å². The molecule has 2 nitrogen and oxygen atoms in total. The molecule has 3 heteroatoms. The van der Waals surface area contributed by atoms with E-state index in [9.17, 15) is 8.42 Å². The maximum atomic E-state index is 11.7. The summed E-state index contributed by atoms with van der Waals surface area (Å²) in [5, 5.41) is 0.00143. The Balaban J connectivity index is 1.86. The van der Waals surface area contributed by atoms with E-state index >= 15 is 0 Å². The van der Waals surface area contributed by atoms with E-state index in [1.165, 1.54) is 57.8 Å². The van der Waals surface area contributed by atoms with Crippen LogP contribution in [0.1, 0.15) is 90.4 Å². The lowest BCUT2D eigenvalue weighted by molar-refractivity contribution is 0.535. The molecule has 0 saturated carbocycles. The average molecular weight is 288 g/mol. The van der Waals surface area contributed by atoms with E-state index in [-0.39, 0.29) is 5.25 Å². The minimum atomic E-state index is -2.70. The summed E-state index contributed by atoms with van der Waals surface area (Å²) in [5.74, 6) is 0.440. The number of unbranched alkanes of at least 4 members (excludes halogenated alkanes) is 9. The number of rotatable bonds is 11. The fraction of sp³-hybridized carbons (Fsp3) is 1.00. The molecule has 0 aromatic heterocycles. The zero-order chi connectivity index (χ0) is 14.0. The first kappa shape index (κ1) is 17.0. The van der Waals surface area contributed by atoms with E-state index < -0.39 is 9.84 Å². The van der Waals surface area contributed by atoms with Crippen molar-refractivity contribution in [3.05, 3.63) is 0 Å². The molecule has 19 heavy (non-hydrogen) atoms. The summed E-state index contributed by atoms with van der Waals surface area (Å²) in [6.07, 6.45) is 15.9. The smallest absolute Gasteiger partial charge is 0.153 e. The van der Waals surface area contributed by atoms with Crippen LogP contribution >= 0.6 is 0 Å². The van der Waals surface area contributed by atoms with Gasteiger partial charge < -0.3 is 0 Å². The zero-order valence-corrected chi connectivity index (χ0v) is 13.5. The maximum Gasteiger partial charge on any atom is 0.153 e. The molecule has 0 spiro atoms. The molecule has 0 bridgehead atoms. The molecular weight excluding hydrogens is 256 g/mol. The van der Waals surface area contributed by atoms with Gasteiger partial charge in [0.05, 0.1) is 11.0 Å². The first-order valence-electron chi connectivity index (χ1n) is 8.38. The molecule has 1 unspecified atom stereocenters. The summed E-state index contributed by atoms with van der Waals surface area (Å²) in [6.45, 7) is 2.25. The van der Waals surface area contributed by atoms with Crippen molar-refractivity contribution in [3.63, 3.8) is 0 Å². The molecule has 114 valence electrons. The van der Waals surface area contributed by atoms with Gasteiger partial charge in [-0.25, -0.2) is 8.42 Å². The van der Waals surface area contributed by atoms with Gasteiger partial charge in [-0.1, -0.05) is 71.1 Å². The molecule has 1 fully saturated rings. The highest BCUT2D eigenvalue weighted by atomic mass is 32.2. The largest absolute Gasteiger partial charge is 0.229 e. The summed E-state index contributed by atoms with van der Waals surface area (Å²) in [7, 11) is -2.70. The third-order valence-electron chi connectivity index (χ3n) is 4.34. The molecule has 1 saturated heterocycles. The Labute approximate surface area is 120 Å². The summed E-state index contributed by atoms with van der Waals surface area (Å²) in [4.78, 5) is 0. The molecule has 0 N–H and O–H groups in total. The predicted octanol–water partition coefficient (Wildman–Crippen LogP) is 4.87. The van der Waals surface area contributed by atoms with E-state index in [1.807, 2.05) is 0 Å². The molecule has 0 aromatic carbocycles. The van der Waals surface area contributed by atoms with Gasteiger partial charge in [0.1, 0.15) is 0 Å². The van der Waals surface area contributed by atoms with Crippen molar-refractivity contribution >= 4 is 9.84 Å². The van der Waals surface area contributed by atoms with Crippen molar-refractivity contribution in [1.82, 2.24) is 0 Å². The van der Waals surface area contributed by atoms with Gasteiger partial charge >= 0.3 is 0 Å². The van der Waals surface area contributed by atoms with Crippen LogP contribution in [-0.2, 0) is 9.84 Å². The topological polar surface area (TPSA) is 34.1 Å². The van der Waals surface area contributed by atoms with Crippen LogP contribution in [0.3, 0.4) is 0 Å². The molecule has 1 aliphatic heterocycles. The third-order valence-corrected chi connectivity index (χ3v) is 6.69. The Hall–Kier alpha value is -0.0500. The van der Waals surface area contributed by atoms with Gasteiger partial charge in [-0.2, -0.15) is 0 Å². The Morgan fingerprint density at radius 2 is 1.37 bits per heavy atom. The second kappa shape index (κ2) is 9.79. The fourth-order valence-electron chi connectivity index (χ4n) is 3.04. The molecule has 0 amide bonds. The van der Waals surface area contributed by atoms with Crippen LogP contribution in [0.2, 0.25) is 0 Å². The molecule has 1 rings (SSSR count). The van der Waals surface area contributed by atoms with Crippen LogP contribution in [0.25, 0.3) is 0 Å². The van der Waals surface area contributed by atoms with Gasteiger partial charge in [0.25, 0.3) is 0 Å². The highest BCUT2D eigenvalue weighted by Crippen LogP contribution is 2.25. The Morgan fingerprint density at radius 1 is 0.842 bits per heavy atom. The highest BCUT2D eigenvalue weighted by Gasteiger charge is 2.30. The van der Waals surface area contributed by atoms with Gasteiger partial charge in [0.15, 0.2) is 9.84 Å². The second-order valence-corrected chi connectivity index (χ2v) is 8.50. The SMILES string of the molecule is CCCCCCCCCCCCC1CCCS1(=O)=O. The fourth-order valence-corrected chi connectivity index (χ4v) is 5.00. The standard InChI is InChI=1S/C16H32O2S/c1-2-3-4-5-6-7-8-9-10-11-13-16-14-12-15-19(16,17)18/h16H,2-15H2,1H3. The van der Waals surface area contributed by atoms with E-state index in [0.717, 1.165) is 25.7 Å². The molecule has 0 aromatic rings. The summed E-state index contributed by atoms with van der Waals surface area (Å²) >= 11 is 0. The van der Waals surface area contributed by atoms with E-state index in [0.29, 0.717) is 5.75 Å². The van der Waals surface area contributed by atoms with Gasteiger partial charge in [0.2, 0.25) is 0 Å².